The summed E-state index contributed by atoms with van der Waals surface area (Å²) in [5.74, 6) is 0.979. The van der Waals surface area contributed by atoms with E-state index in [9.17, 15) is 4.79 Å². The predicted octanol–water partition coefficient (Wildman–Crippen LogP) is 1.80. The second kappa shape index (κ2) is 6.70. The molecule has 1 N–H and O–H groups in total. The molecule has 1 amide bonds. The monoisotopic (exact) mass is 351 g/mol. The molecule has 8 nitrogen and oxygen atoms in total. The van der Waals surface area contributed by atoms with Crippen LogP contribution < -0.4 is 4.90 Å². The summed E-state index contributed by atoms with van der Waals surface area (Å²) in [6.07, 6.45) is 3.43. The van der Waals surface area contributed by atoms with Crippen molar-refractivity contribution in [2.75, 3.05) is 25.0 Å². The number of likely N-dealkylation sites (tertiary alicyclic amines) is 1. The van der Waals surface area contributed by atoms with Gasteiger partial charge < -0.3 is 9.80 Å². The lowest BCUT2D eigenvalue weighted by Crippen LogP contribution is -2.45. The lowest BCUT2D eigenvalue weighted by atomic mass is 10.0. The van der Waals surface area contributed by atoms with E-state index in [1.54, 1.807) is 12.4 Å². The zero-order chi connectivity index (χ0) is 18.1. The summed E-state index contributed by atoms with van der Waals surface area (Å²) in [6, 6.07) is 7.79. The Morgan fingerprint density at radius 2 is 1.92 bits per heavy atom. The van der Waals surface area contributed by atoms with Gasteiger partial charge in [0.2, 0.25) is 0 Å². The molecule has 1 aliphatic heterocycles. The Hall–Kier alpha value is -3.03. The van der Waals surface area contributed by atoms with Crippen LogP contribution >= 0.6 is 0 Å². The number of hydrogen-bond acceptors (Lipinski definition) is 6. The number of aryl methyl sites for hydroxylation is 1. The molecule has 0 atom stereocenters. The van der Waals surface area contributed by atoms with Crippen LogP contribution in [0.1, 0.15) is 28.9 Å². The van der Waals surface area contributed by atoms with E-state index in [-0.39, 0.29) is 5.91 Å². The minimum Gasteiger partial charge on any atom is -0.356 e. The predicted molar refractivity (Wildman–Crippen MR) is 98.0 cm³/mol. The highest BCUT2D eigenvalue weighted by Crippen LogP contribution is 2.22. The maximum atomic E-state index is 12.8. The molecule has 1 aromatic carbocycles. The van der Waals surface area contributed by atoms with Crippen LogP contribution in [0.2, 0.25) is 0 Å². The molecule has 134 valence electrons. The van der Waals surface area contributed by atoms with Crippen molar-refractivity contribution >= 4 is 22.8 Å². The Kier molecular flexibility index (Phi) is 4.24. The maximum Gasteiger partial charge on any atom is 0.253 e. The molecule has 4 rings (SSSR count). The van der Waals surface area contributed by atoms with Crippen molar-refractivity contribution in [1.29, 1.82) is 0 Å². The average molecular weight is 351 g/mol. The molecule has 0 spiro atoms. The van der Waals surface area contributed by atoms with Crippen molar-refractivity contribution in [1.82, 2.24) is 30.3 Å². The number of amides is 1. The van der Waals surface area contributed by atoms with Gasteiger partial charge in [-0.25, -0.2) is 9.97 Å². The normalized spacial score (nSPS) is 15.4. The summed E-state index contributed by atoms with van der Waals surface area (Å²) in [5.41, 5.74) is 3.09. The quantitative estimate of drug-likeness (QED) is 0.774. The highest BCUT2D eigenvalue weighted by atomic mass is 16.2. The number of fused-ring (bicyclic) bond motifs is 1. The number of carbonyl (C=O) groups excluding carboxylic acids is 1. The number of anilines is 1. The molecule has 1 aliphatic rings. The van der Waals surface area contributed by atoms with E-state index in [4.69, 9.17) is 0 Å². The van der Waals surface area contributed by atoms with Gasteiger partial charge in [-0.2, -0.15) is 15.4 Å². The molecule has 3 aromatic rings. The van der Waals surface area contributed by atoms with Crippen molar-refractivity contribution in [3.05, 3.63) is 41.9 Å². The molecule has 0 radical (unpaired) electrons. The van der Waals surface area contributed by atoms with Crippen LogP contribution in [-0.4, -0.2) is 62.4 Å². The zero-order valence-electron chi connectivity index (χ0n) is 14.9. The highest BCUT2D eigenvalue weighted by molar-refractivity contribution is 5.97. The second-order valence-corrected chi connectivity index (χ2v) is 6.68. The third kappa shape index (κ3) is 3.10. The standard InChI is InChI=1S/C18H21N7O/c1-12-9-17(20-11-19-12)24(2)14-5-7-25(8-6-14)18(26)13-3-4-15-16(10-13)22-23-21-15/h3-4,9-11,14H,5-8H2,1-2H3,(H,21,22,23). The van der Waals surface area contributed by atoms with Crippen LogP contribution in [0.3, 0.4) is 0 Å². The van der Waals surface area contributed by atoms with Crippen molar-refractivity contribution in [3.8, 4) is 0 Å². The number of benzene rings is 1. The lowest BCUT2D eigenvalue weighted by molar-refractivity contribution is 0.0713. The van der Waals surface area contributed by atoms with Crippen LogP contribution in [0.15, 0.2) is 30.6 Å². The van der Waals surface area contributed by atoms with Gasteiger partial charge in [0.15, 0.2) is 0 Å². The minimum absolute atomic E-state index is 0.0499. The Labute approximate surface area is 151 Å². The SMILES string of the molecule is Cc1cc(N(C)C2CCN(C(=O)c3ccc4n[nH]nc4c3)CC2)ncn1. The molecular formula is C18H21N7O. The molecule has 8 heteroatoms. The van der Waals surface area contributed by atoms with Crippen molar-refractivity contribution in [3.63, 3.8) is 0 Å². The topological polar surface area (TPSA) is 90.9 Å². The number of nitrogens with zero attached hydrogens (tertiary/aromatic N) is 6. The lowest BCUT2D eigenvalue weighted by Gasteiger charge is -2.37. The van der Waals surface area contributed by atoms with Gasteiger partial charge in [-0.05, 0) is 38.0 Å². The van der Waals surface area contributed by atoms with Gasteiger partial charge >= 0.3 is 0 Å². The molecule has 1 saturated heterocycles. The van der Waals surface area contributed by atoms with Crippen molar-refractivity contribution < 1.29 is 4.79 Å². The van der Waals surface area contributed by atoms with Gasteiger partial charge in [0, 0.05) is 43.5 Å². The van der Waals surface area contributed by atoms with Crippen molar-refractivity contribution in [2.45, 2.75) is 25.8 Å². The largest absolute Gasteiger partial charge is 0.356 e. The third-order valence-electron chi connectivity index (χ3n) is 5.01. The first kappa shape index (κ1) is 16.4. The molecule has 0 bridgehead atoms. The number of rotatable bonds is 3. The van der Waals surface area contributed by atoms with Crippen LogP contribution in [0.5, 0.6) is 0 Å². The Balaban J connectivity index is 1.42. The first-order valence-electron chi connectivity index (χ1n) is 8.73. The van der Waals surface area contributed by atoms with Gasteiger partial charge in [-0.3, -0.25) is 4.79 Å². The first-order valence-corrected chi connectivity index (χ1v) is 8.73. The van der Waals surface area contributed by atoms with Crippen LogP contribution in [-0.2, 0) is 0 Å². The van der Waals surface area contributed by atoms with E-state index >= 15 is 0 Å². The number of nitrogens with one attached hydrogen (secondary N) is 1. The first-order chi connectivity index (χ1) is 12.6. The Morgan fingerprint density at radius 3 is 2.69 bits per heavy atom. The van der Waals surface area contributed by atoms with Gasteiger partial charge in [0.05, 0.1) is 0 Å². The average Bonchev–Trinajstić information content (AvgIpc) is 3.15. The molecule has 1 fully saturated rings. The van der Waals surface area contributed by atoms with Crippen molar-refractivity contribution in [2.24, 2.45) is 0 Å². The van der Waals surface area contributed by atoms with E-state index in [2.05, 4.69) is 37.3 Å². The van der Waals surface area contributed by atoms with Gasteiger partial charge in [0.25, 0.3) is 5.91 Å². The minimum atomic E-state index is 0.0499. The number of piperidine rings is 1. The molecule has 0 saturated carbocycles. The smallest absolute Gasteiger partial charge is 0.253 e. The number of aromatic nitrogens is 5. The fourth-order valence-electron chi connectivity index (χ4n) is 3.43. The fourth-order valence-corrected chi connectivity index (χ4v) is 3.43. The Morgan fingerprint density at radius 1 is 1.15 bits per heavy atom. The second-order valence-electron chi connectivity index (χ2n) is 6.68. The number of aromatic amines is 1. The molecule has 26 heavy (non-hydrogen) atoms. The summed E-state index contributed by atoms with van der Waals surface area (Å²) in [4.78, 5) is 25.4. The molecule has 3 heterocycles. The number of carbonyl (C=O) groups is 1. The van der Waals surface area contributed by atoms with E-state index < -0.39 is 0 Å². The van der Waals surface area contributed by atoms with Crippen LogP contribution in [0.25, 0.3) is 11.0 Å². The van der Waals surface area contributed by atoms with Crippen LogP contribution in [0.4, 0.5) is 5.82 Å². The highest BCUT2D eigenvalue weighted by Gasteiger charge is 2.26. The molecule has 0 unspecified atom stereocenters. The third-order valence-corrected chi connectivity index (χ3v) is 5.01. The fraction of sp³-hybridized carbons (Fsp3) is 0.389. The summed E-state index contributed by atoms with van der Waals surface area (Å²) in [6.45, 7) is 3.43. The van der Waals surface area contributed by atoms with E-state index in [0.717, 1.165) is 43.0 Å². The van der Waals surface area contributed by atoms with Gasteiger partial charge in [-0.15, -0.1) is 0 Å². The van der Waals surface area contributed by atoms with E-state index in [1.807, 2.05) is 30.0 Å². The summed E-state index contributed by atoms with van der Waals surface area (Å²) >= 11 is 0. The van der Waals surface area contributed by atoms with E-state index in [0.29, 0.717) is 17.1 Å². The number of hydrogen-bond donors (Lipinski definition) is 1. The van der Waals surface area contributed by atoms with Crippen LogP contribution in [0, 0.1) is 6.92 Å². The Bertz CT molecular complexity index is 930. The van der Waals surface area contributed by atoms with Gasteiger partial charge in [0.1, 0.15) is 23.2 Å². The summed E-state index contributed by atoms with van der Waals surface area (Å²) in [5, 5.41) is 10.7. The summed E-state index contributed by atoms with van der Waals surface area (Å²) < 4.78 is 0. The summed E-state index contributed by atoms with van der Waals surface area (Å²) in [7, 11) is 2.06. The molecule has 0 aliphatic carbocycles. The zero-order valence-corrected chi connectivity index (χ0v) is 14.9. The molecular weight excluding hydrogens is 330 g/mol. The number of H-pyrrole nitrogens is 1. The van der Waals surface area contributed by atoms with E-state index in [1.165, 1.54) is 0 Å². The van der Waals surface area contributed by atoms with Gasteiger partial charge in [-0.1, -0.05) is 0 Å². The maximum absolute atomic E-state index is 12.8. The molecule has 2 aromatic heterocycles.